The molecule has 1 fully saturated rings. The minimum absolute atomic E-state index is 0.0479. The fraction of sp³-hybridized carbons (Fsp3) is 0.462. The van der Waals surface area contributed by atoms with E-state index in [1.165, 1.54) is 0 Å². The molecule has 0 atom stereocenters. The summed E-state index contributed by atoms with van der Waals surface area (Å²) in [7, 11) is 0. The highest BCUT2D eigenvalue weighted by molar-refractivity contribution is 5.92. The third-order valence-corrected chi connectivity index (χ3v) is 5.71. The topological polar surface area (TPSA) is 79.9 Å². The first-order valence-electron chi connectivity index (χ1n) is 11.8. The molecule has 0 aromatic heterocycles. The van der Waals surface area contributed by atoms with E-state index in [4.69, 9.17) is 9.47 Å². The highest BCUT2D eigenvalue weighted by Gasteiger charge is 2.24. The molecule has 2 aromatic rings. The lowest BCUT2D eigenvalue weighted by Gasteiger charge is -2.31. The van der Waals surface area contributed by atoms with Crippen LogP contribution in [0.2, 0.25) is 0 Å². The number of hydrogen-bond donors (Lipinski definition) is 2. The molecule has 3 rings (SSSR count). The third-order valence-electron chi connectivity index (χ3n) is 5.71. The lowest BCUT2D eigenvalue weighted by Crippen LogP contribution is -2.41. The van der Waals surface area contributed by atoms with Crippen LogP contribution in [0.5, 0.6) is 11.5 Å². The van der Waals surface area contributed by atoms with E-state index < -0.39 is 0 Å². The molecule has 0 aliphatic carbocycles. The van der Waals surface area contributed by atoms with Crippen LogP contribution in [-0.2, 0) is 14.3 Å². The molecular formula is C26H35N3O4. The van der Waals surface area contributed by atoms with Crippen LogP contribution >= 0.6 is 0 Å². The third kappa shape index (κ3) is 8.51. The van der Waals surface area contributed by atoms with Gasteiger partial charge in [-0.2, -0.15) is 0 Å². The molecule has 2 N–H and O–H groups in total. The van der Waals surface area contributed by atoms with Crippen LogP contribution in [0.1, 0.15) is 32.6 Å². The Morgan fingerprint density at radius 2 is 1.76 bits per heavy atom. The first kappa shape index (κ1) is 24.7. The first-order valence-corrected chi connectivity index (χ1v) is 11.8. The minimum Gasteiger partial charge on any atom is -0.455 e. The molecule has 7 nitrogen and oxygen atoms in total. The lowest BCUT2D eigenvalue weighted by atomic mass is 9.96. The minimum atomic E-state index is -0.0479. The SMILES string of the molecule is CCOCCCNC(=O)C1CCN(CCC(=O)Nc2ccccc2Oc2ccccc2)CC1. The number of ether oxygens (including phenoxy) is 2. The summed E-state index contributed by atoms with van der Waals surface area (Å²) in [5.74, 6) is 1.49. The van der Waals surface area contributed by atoms with E-state index in [0.29, 0.717) is 44.2 Å². The molecule has 0 spiro atoms. The van der Waals surface area contributed by atoms with E-state index >= 15 is 0 Å². The molecule has 178 valence electrons. The van der Waals surface area contributed by atoms with E-state index in [2.05, 4.69) is 15.5 Å². The molecular weight excluding hydrogens is 418 g/mol. The average Bonchev–Trinajstić information content (AvgIpc) is 2.85. The van der Waals surface area contributed by atoms with Gasteiger partial charge in [-0.25, -0.2) is 0 Å². The Kier molecular flexibility index (Phi) is 10.2. The lowest BCUT2D eigenvalue weighted by molar-refractivity contribution is -0.126. The summed E-state index contributed by atoms with van der Waals surface area (Å²) in [4.78, 5) is 27.1. The van der Waals surface area contributed by atoms with Crippen LogP contribution in [0.4, 0.5) is 5.69 Å². The van der Waals surface area contributed by atoms with Gasteiger partial charge in [0.15, 0.2) is 5.75 Å². The molecule has 1 aliphatic heterocycles. The Balaban J connectivity index is 1.37. The Morgan fingerprint density at radius 3 is 2.52 bits per heavy atom. The molecule has 1 heterocycles. The van der Waals surface area contributed by atoms with Crippen LogP contribution in [-0.4, -0.2) is 56.1 Å². The Hall–Kier alpha value is -2.90. The van der Waals surface area contributed by atoms with Crippen molar-refractivity contribution in [2.24, 2.45) is 5.92 Å². The summed E-state index contributed by atoms with van der Waals surface area (Å²) in [6, 6.07) is 16.9. The number of piperidine rings is 1. The van der Waals surface area contributed by atoms with Crippen LogP contribution in [0, 0.1) is 5.92 Å². The maximum atomic E-state index is 12.6. The van der Waals surface area contributed by atoms with Gasteiger partial charge in [0, 0.05) is 38.6 Å². The van der Waals surface area contributed by atoms with E-state index in [0.717, 1.165) is 38.1 Å². The molecule has 7 heteroatoms. The van der Waals surface area contributed by atoms with Crippen molar-refractivity contribution in [2.45, 2.75) is 32.6 Å². The van der Waals surface area contributed by atoms with E-state index in [1.807, 2.05) is 61.5 Å². The number of carbonyl (C=O) groups is 2. The number of anilines is 1. The molecule has 0 unspecified atom stereocenters. The first-order chi connectivity index (χ1) is 16.2. The molecule has 0 bridgehead atoms. The standard InChI is InChI=1S/C26H35N3O4/c1-2-32-20-8-16-27-26(31)21-13-17-29(18-14-21)19-15-25(30)28-23-11-6-7-12-24(23)33-22-9-4-3-5-10-22/h3-7,9-12,21H,2,8,13-20H2,1H3,(H,27,31)(H,28,30). The molecule has 1 aliphatic rings. The van der Waals surface area contributed by atoms with Gasteiger partial charge in [0.2, 0.25) is 11.8 Å². The summed E-state index contributed by atoms with van der Waals surface area (Å²) < 4.78 is 11.2. The fourth-order valence-electron chi connectivity index (χ4n) is 3.84. The quantitative estimate of drug-likeness (QED) is 0.474. The highest BCUT2D eigenvalue weighted by atomic mass is 16.5. The smallest absolute Gasteiger partial charge is 0.225 e. The summed E-state index contributed by atoms with van der Waals surface area (Å²) in [6.07, 6.45) is 2.89. The molecule has 2 aromatic carbocycles. The summed E-state index contributed by atoms with van der Waals surface area (Å²) in [5.41, 5.74) is 0.658. The monoisotopic (exact) mass is 453 g/mol. The second-order valence-electron chi connectivity index (χ2n) is 8.17. The predicted octanol–water partition coefficient (Wildman–Crippen LogP) is 4.06. The fourth-order valence-corrected chi connectivity index (χ4v) is 3.84. The number of nitrogens with zero attached hydrogens (tertiary/aromatic N) is 1. The molecule has 0 saturated carbocycles. The van der Waals surface area contributed by atoms with Crippen molar-refractivity contribution in [3.05, 3.63) is 54.6 Å². The van der Waals surface area contributed by atoms with E-state index in [-0.39, 0.29) is 17.7 Å². The van der Waals surface area contributed by atoms with Crippen LogP contribution in [0.3, 0.4) is 0 Å². The summed E-state index contributed by atoms with van der Waals surface area (Å²) in [5, 5.41) is 5.98. The van der Waals surface area contributed by atoms with Gasteiger partial charge in [0.05, 0.1) is 5.69 Å². The maximum absolute atomic E-state index is 12.6. The van der Waals surface area contributed by atoms with Crippen molar-refractivity contribution in [1.29, 1.82) is 0 Å². The van der Waals surface area contributed by atoms with Gasteiger partial charge < -0.3 is 25.0 Å². The summed E-state index contributed by atoms with van der Waals surface area (Å²) >= 11 is 0. The van der Waals surface area contributed by atoms with Gasteiger partial charge in [-0.3, -0.25) is 9.59 Å². The molecule has 0 radical (unpaired) electrons. The Morgan fingerprint density at radius 1 is 1.03 bits per heavy atom. The van der Waals surface area contributed by atoms with Crippen LogP contribution < -0.4 is 15.4 Å². The highest BCUT2D eigenvalue weighted by Crippen LogP contribution is 2.29. The van der Waals surface area contributed by atoms with Crippen molar-refractivity contribution < 1.29 is 19.1 Å². The van der Waals surface area contributed by atoms with Crippen molar-refractivity contribution in [2.75, 3.05) is 44.7 Å². The van der Waals surface area contributed by atoms with E-state index in [9.17, 15) is 9.59 Å². The number of para-hydroxylation sites is 3. The van der Waals surface area contributed by atoms with Gasteiger partial charge in [0.1, 0.15) is 5.75 Å². The van der Waals surface area contributed by atoms with Gasteiger partial charge in [-0.1, -0.05) is 30.3 Å². The second-order valence-corrected chi connectivity index (χ2v) is 8.17. The molecule has 1 saturated heterocycles. The average molecular weight is 454 g/mol. The zero-order valence-electron chi connectivity index (χ0n) is 19.4. The molecule has 2 amide bonds. The number of rotatable bonds is 12. The zero-order chi connectivity index (χ0) is 23.3. The maximum Gasteiger partial charge on any atom is 0.225 e. The van der Waals surface area contributed by atoms with Gasteiger partial charge in [0.25, 0.3) is 0 Å². The number of benzene rings is 2. The van der Waals surface area contributed by atoms with Crippen molar-refractivity contribution in [3.63, 3.8) is 0 Å². The molecule has 33 heavy (non-hydrogen) atoms. The van der Waals surface area contributed by atoms with Crippen molar-refractivity contribution >= 4 is 17.5 Å². The largest absolute Gasteiger partial charge is 0.455 e. The van der Waals surface area contributed by atoms with Crippen molar-refractivity contribution in [1.82, 2.24) is 10.2 Å². The number of carbonyl (C=O) groups excluding carboxylic acids is 2. The van der Waals surface area contributed by atoms with Crippen LogP contribution in [0.25, 0.3) is 0 Å². The van der Waals surface area contributed by atoms with Gasteiger partial charge in [-0.15, -0.1) is 0 Å². The van der Waals surface area contributed by atoms with E-state index in [1.54, 1.807) is 0 Å². The Bertz CT molecular complexity index is 867. The van der Waals surface area contributed by atoms with Crippen LogP contribution in [0.15, 0.2) is 54.6 Å². The number of nitrogens with one attached hydrogen (secondary N) is 2. The second kappa shape index (κ2) is 13.6. The van der Waals surface area contributed by atoms with Crippen molar-refractivity contribution in [3.8, 4) is 11.5 Å². The van der Waals surface area contributed by atoms with Gasteiger partial charge in [-0.05, 0) is 63.5 Å². The number of amides is 2. The zero-order valence-corrected chi connectivity index (χ0v) is 19.4. The number of likely N-dealkylation sites (tertiary alicyclic amines) is 1. The van der Waals surface area contributed by atoms with Gasteiger partial charge >= 0.3 is 0 Å². The Labute approximate surface area is 196 Å². The normalized spacial score (nSPS) is 14.6. The number of hydrogen-bond acceptors (Lipinski definition) is 5. The summed E-state index contributed by atoms with van der Waals surface area (Å²) in [6.45, 7) is 6.36. The predicted molar refractivity (Wildman–Crippen MR) is 129 cm³/mol.